The highest BCUT2D eigenvalue weighted by Gasteiger charge is 2.26. The highest BCUT2D eigenvalue weighted by Crippen LogP contribution is 2.22. The van der Waals surface area contributed by atoms with Crippen molar-refractivity contribution in [2.45, 2.75) is 44.0 Å². The molecule has 1 aliphatic rings. The maximum atomic E-state index is 11.3. The first-order valence-corrected chi connectivity index (χ1v) is 5.69. The number of aliphatic hydroxyl groups is 1. The Labute approximate surface area is 70.5 Å². The standard InChI is InChI=1S/C8H16O2S/c1-2-11(10)8-6-4-3-5-7(8)9/h7-9H,2-6H2,1H3/t7-,8+,11?/m1/s1. The second kappa shape index (κ2) is 4.21. The van der Waals surface area contributed by atoms with E-state index in [1.807, 2.05) is 6.92 Å². The Morgan fingerprint density at radius 2 is 2.09 bits per heavy atom. The molecule has 3 heteroatoms. The smallest absolute Gasteiger partial charge is 0.0683 e. The van der Waals surface area contributed by atoms with Crippen LogP contribution < -0.4 is 0 Å². The van der Waals surface area contributed by atoms with Crippen LogP contribution in [0.15, 0.2) is 0 Å². The third-order valence-electron chi connectivity index (χ3n) is 2.29. The van der Waals surface area contributed by atoms with Gasteiger partial charge in [0.05, 0.1) is 11.4 Å². The van der Waals surface area contributed by atoms with Gasteiger partial charge < -0.3 is 5.11 Å². The van der Waals surface area contributed by atoms with Crippen LogP contribution in [0.5, 0.6) is 0 Å². The van der Waals surface area contributed by atoms with Crippen LogP contribution in [0, 0.1) is 0 Å². The lowest BCUT2D eigenvalue weighted by Crippen LogP contribution is -2.34. The van der Waals surface area contributed by atoms with Crippen molar-refractivity contribution < 1.29 is 9.32 Å². The first-order chi connectivity index (χ1) is 5.25. The van der Waals surface area contributed by atoms with Gasteiger partial charge in [-0.1, -0.05) is 19.8 Å². The lowest BCUT2D eigenvalue weighted by atomic mass is 9.97. The molecule has 0 bridgehead atoms. The topological polar surface area (TPSA) is 37.3 Å². The SMILES string of the molecule is CCS(=O)[C@H]1CCCC[C@H]1O. The van der Waals surface area contributed by atoms with Crippen LogP contribution in [0.2, 0.25) is 0 Å². The van der Waals surface area contributed by atoms with Gasteiger partial charge in [-0.25, -0.2) is 0 Å². The van der Waals surface area contributed by atoms with Gasteiger partial charge in [0.2, 0.25) is 0 Å². The molecule has 0 saturated heterocycles. The first-order valence-electron chi connectivity index (χ1n) is 4.31. The van der Waals surface area contributed by atoms with Gasteiger partial charge in [-0.3, -0.25) is 4.21 Å². The fourth-order valence-corrected chi connectivity index (χ4v) is 2.94. The van der Waals surface area contributed by atoms with Gasteiger partial charge in [0.1, 0.15) is 0 Å². The van der Waals surface area contributed by atoms with Gasteiger partial charge in [-0.05, 0) is 12.8 Å². The van der Waals surface area contributed by atoms with Crippen LogP contribution in [0.1, 0.15) is 32.6 Å². The number of rotatable bonds is 2. The predicted octanol–water partition coefficient (Wildman–Crippen LogP) is 1.06. The van der Waals surface area contributed by atoms with E-state index >= 15 is 0 Å². The van der Waals surface area contributed by atoms with Crippen molar-refractivity contribution >= 4 is 10.8 Å². The minimum atomic E-state index is -0.794. The highest BCUT2D eigenvalue weighted by molar-refractivity contribution is 7.85. The van der Waals surface area contributed by atoms with E-state index in [-0.39, 0.29) is 11.4 Å². The number of hydrogen-bond donors (Lipinski definition) is 1. The quantitative estimate of drug-likeness (QED) is 0.683. The lowest BCUT2D eigenvalue weighted by Gasteiger charge is -2.26. The van der Waals surface area contributed by atoms with E-state index in [2.05, 4.69) is 0 Å². The maximum absolute atomic E-state index is 11.3. The van der Waals surface area contributed by atoms with E-state index < -0.39 is 10.8 Å². The minimum absolute atomic E-state index is 0.0637. The molecule has 0 heterocycles. The molecule has 11 heavy (non-hydrogen) atoms. The molecule has 0 aromatic rings. The predicted molar refractivity (Wildman–Crippen MR) is 46.9 cm³/mol. The molecule has 0 spiro atoms. The summed E-state index contributed by atoms with van der Waals surface area (Å²) < 4.78 is 11.3. The molecule has 0 amide bonds. The van der Waals surface area contributed by atoms with Crippen molar-refractivity contribution in [3.05, 3.63) is 0 Å². The van der Waals surface area contributed by atoms with E-state index in [0.29, 0.717) is 5.75 Å². The third-order valence-corrected chi connectivity index (χ3v) is 4.08. The second-order valence-electron chi connectivity index (χ2n) is 3.06. The number of hydrogen-bond acceptors (Lipinski definition) is 2. The maximum Gasteiger partial charge on any atom is 0.0683 e. The van der Waals surface area contributed by atoms with Crippen molar-refractivity contribution in [1.29, 1.82) is 0 Å². The summed E-state index contributed by atoms with van der Waals surface area (Å²) in [6.45, 7) is 1.91. The molecule has 1 rings (SSSR count). The van der Waals surface area contributed by atoms with Gasteiger partial charge in [0.25, 0.3) is 0 Å². The Morgan fingerprint density at radius 3 is 2.64 bits per heavy atom. The Hall–Kier alpha value is 0.110. The summed E-state index contributed by atoms with van der Waals surface area (Å²) in [5, 5.41) is 9.54. The van der Waals surface area contributed by atoms with Gasteiger partial charge >= 0.3 is 0 Å². The molecule has 66 valence electrons. The fraction of sp³-hybridized carbons (Fsp3) is 1.00. The van der Waals surface area contributed by atoms with Crippen molar-refractivity contribution in [3.8, 4) is 0 Å². The molecular formula is C8H16O2S. The van der Waals surface area contributed by atoms with E-state index in [1.54, 1.807) is 0 Å². The Bertz CT molecular complexity index is 147. The molecule has 1 unspecified atom stereocenters. The Balaban J connectivity index is 2.47. The molecule has 1 N–H and O–H groups in total. The molecule has 0 aliphatic heterocycles. The van der Waals surface area contributed by atoms with E-state index in [4.69, 9.17) is 0 Å². The molecule has 1 aliphatic carbocycles. The molecule has 0 aromatic heterocycles. The van der Waals surface area contributed by atoms with Gasteiger partial charge in [0, 0.05) is 16.6 Å². The van der Waals surface area contributed by atoms with Gasteiger partial charge in [-0.2, -0.15) is 0 Å². The Morgan fingerprint density at radius 1 is 1.45 bits per heavy atom. The first kappa shape index (κ1) is 9.20. The summed E-state index contributed by atoms with van der Waals surface area (Å²) in [7, 11) is -0.794. The average molecular weight is 176 g/mol. The fourth-order valence-electron chi connectivity index (χ4n) is 1.60. The van der Waals surface area contributed by atoms with Crippen molar-refractivity contribution in [2.24, 2.45) is 0 Å². The molecule has 1 fully saturated rings. The second-order valence-corrected chi connectivity index (χ2v) is 5.00. The molecular weight excluding hydrogens is 160 g/mol. The summed E-state index contributed by atoms with van der Waals surface area (Å²) >= 11 is 0. The molecule has 0 radical (unpaired) electrons. The Kier molecular flexibility index (Phi) is 3.52. The van der Waals surface area contributed by atoms with Crippen molar-refractivity contribution in [2.75, 3.05) is 5.75 Å². The van der Waals surface area contributed by atoms with Gasteiger partial charge in [-0.15, -0.1) is 0 Å². The van der Waals surface area contributed by atoms with Crippen LogP contribution in [-0.4, -0.2) is 26.4 Å². The van der Waals surface area contributed by atoms with Crippen molar-refractivity contribution in [3.63, 3.8) is 0 Å². The normalized spacial score (nSPS) is 35.1. The van der Waals surface area contributed by atoms with Crippen LogP contribution in [0.3, 0.4) is 0 Å². The van der Waals surface area contributed by atoms with Crippen LogP contribution in [0.25, 0.3) is 0 Å². The van der Waals surface area contributed by atoms with Crippen LogP contribution in [-0.2, 0) is 10.8 Å². The highest BCUT2D eigenvalue weighted by atomic mass is 32.2. The minimum Gasteiger partial charge on any atom is -0.392 e. The van der Waals surface area contributed by atoms with Gasteiger partial charge in [0.15, 0.2) is 0 Å². The summed E-state index contributed by atoms with van der Waals surface area (Å²) in [5.41, 5.74) is 0. The third kappa shape index (κ3) is 2.27. The number of aliphatic hydroxyl groups excluding tert-OH is 1. The molecule has 1 saturated carbocycles. The summed E-state index contributed by atoms with van der Waals surface area (Å²) in [6.07, 6.45) is 3.72. The van der Waals surface area contributed by atoms with E-state index in [9.17, 15) is 9.32 Å². The zero-order valence-corrected chi connectivity index (χ0v) is 7.77. The largest absolute Gasteiger partial charge is 0.392 e. The van der Waals surface area contributed by atoms with Crippen LogP contribution >= 0.6 is 0 Å². The average Bonchev–Trinajstić information content (AvgIpc) is 2.04. The lowest BCUT2D eigenvalue weighted by molar-refractivity contribution is 0.135. The summed E-state index contributed by atoms with van der Waals surface area (Å²) in [6, 6.07) is 0. The van der Waals surface area contributed by atoms with Crippen LogP contribution in [0.4, 0.5) is 0 Å². The monoisotopic (exact) mass is 176 g/mol. The summed E-state index contributed by atoms with van der Waals surface area (Å²) in [4.78, 5) is 0. The van der Waals surface area contributed by atoms with E-state index in [1.165, 1.54) is 0 Å². The summed E-state index contributed by atoms with van der Waals surface area (Å²) in [5.74, 6) is 0.682. The zero-order chi connectivity index (χ0) is 8.27. The molecule has 0 aromatic carbocycles. The molecule has 2 nitrogen and oxygen atoms in total. The molecule has 3 atom stereocenters. The zero-order valence-electron chi connectivity index (χ0n) is 6.95. The van der Waals surface area contributed by atoms with Crippen molar-refractivity contribution in [1.82, 2.24) is 0 Å². The van der Waals surface area contributed by atoms with E-state index in [0.717, 1.165) is 25.7 Å².